The summed E-state index contributed by atoms with van der Waals surface area (Å²) in [6.07, 6.45) is 4.71. The number of aldehydes is 1. The summed E-state index contributed by atoms with van der Waals surface area (Å²) in [6.45, 7) is 7.56. The molecule has 202 valence electrons. The number of aromatic nitrogens is 1. The molecule has 0 radical (unpaired) electrons. The van der Waals surface area contributed by atoms with Crippen molar-refractivity contribution in [1.29, 1.82) is 5.26 Å². The molecule has 1 aromatic rings. The summed E-state index contributed by atoms with van der Waals surface area (Å²) in [5, 5.41) is 15.1. The normalized spacial score (nSPS) is 16.3. The summed E-state index contributed by atoms with van der Waals surface area (Å²) in [5.41, 5.74) is 2.45. The van der Waals surface area contributed by atoms with E-state index in [2.05, 4.69) is 33.4 Å². The minimum Gasteiger partial charge on any atom is -0.449 e. The molecule has 12 nitrogen and oxygen atoms in total. The third-order valence-electron chi connectivity index (χ3n) is 6.18. The van der Waals surface area contributed by atoms with Gasteiger partial charge < -0.3 is 19.7 Å². The quantitative estimate of drug-likeness (QED) is 0.156. The molecule has 1 aromatic heterocycles. The van der Waals surface area contributed by atoms with Crippen LogP contribution in [0.1, 0.15) is 47.8 Å². The molecule has 3 amide bonds. The van der Waals surface area contributed by atoms with E-state index in [1.54, 1.807) is 18.9 Å². The van der Waals surface area contributed by atoms with Crippen molar-refractivity contribution in [2.75, 3.05) is 44.9 Å². The Hall–Kier alpha value is -4.24. The molecule has 0 aromatic carbocycles. The summed E-state index contributed by atoms with van der Waals surface area (Å²) in [7, 11) is 1.57. The molecule has 12 heteroatoms. The predicted octanol–water partition coefficient (Wildman–Crippen LogP) is 2.66. The lowest BCUT2D eigenvalue weighted by atomic mass is 10.0. The van der Waals surface area contributed by atoms with Gasteiger partial charge in [-0.05, 0) is 51.0 Å². The number of nitrogens with zero attached hydrogens (tertiary/aromatic N) is 5. The van der Waals surface area contributed by atoms with Crippen molar-refractivity contribution in [3.05, 3.63) is 46.1 Å². The molecule has 0 bridgehead atoms. The lowest BCUT2D eigenvalue weighted by Crippen LogP contribution is -2.43. The molecule has 3 heterocycles. The van der Waals surface area contributed by atoms with E-state index in [1.165, 1.54) is 11.0 Å². The van der Waals surface area contributed by atoms with Gasteiger partial charge in [-0.1, -0.05) is 0 Å². The minimum absolute atomic E-state index is 0.142. The van der Waals surface area contributed by atoms with Crippen LogP contribution in [-0.2, 0) is 22.4 Å². The van der Waals surface area contributed by atoms with Crippen LogP contribution in [0.15, 0.2) is 34.2 Å². The van der Waals surface area contributed by atoms with Gasteiger partial charge in [-0.2, -0.15) is 5.26 Å². The zero-order chi connectivity index (χ0) is 27.5. The first kappa shape index (κ1) is 28.3. The van der Waals surface area contributed by atoms with Gasteiger partial charge in [0.2, 0.25) is 0 Å². The molecule has 38 heavy (non-hydrogen) atoms. The molecule has 2 N–H and O–H groups in total. The van der Waals surface area contributed by atoms with E-state index in [4.69, 9.17) is 9.47 Å². The zero-order valence-electron chi connectivity index (χ0n) is 21.8. The first-order chi connectivity index (χ1) is 18.4. The highest BCUT2D eigenvalue weighted by Crippen LogP contribution is 2.28. The minimum atomic E-state index is -0.497. The first-order valence-corrected chi connectivity index (χ1v) is 12.4. The Balaban J connectivity index is 1.83. The number of cyclic esters (lactones) is 1. The van der Waals surface area contributed by atoms with E-state index in [0.717, 1.165) is 18.4 Å². The van der Waals surface area contributed by atoms with Crippen LogP contribution in [0.5, 0.6) is 0 Å². The Bertz CT molecular complexity index is 1170. The number of carbonyl (C=O) groups is 3. The van der Waals surface area contributed by atoms with Crippen molar-refractivity contribution in [1.82, 2.24) is 20.5 Å². The number of methoxy groups -OCH3 is 1. The van der Waals surface area contributed by atoms with Gasteiger partial charge in [-0.3, -0.25) is 15.0 Å². The Morgan fingerprint density at radius 1 is 1.37 bits per heavy atom. The molecule has 2 aliphatic rings. The number of aliphatic imine (C=N–C) groups is 1. The third kappa shape index (κ3) is 7.17. The number of aryl methyl sites for hydroxylation is 1. The maximum absolute atomic E-state index is 13.3. The highest BCUT2D eigenvalue weighted by Gasteiger charge is 2.27. The number of pyridine rings is 1. The SMILES string of the molecule is C=N/C(=C\C(NCCOC)=C(/C)C#N)NC(=O)N1CCCc2cc(CN3CCCCOC3=O)c(C=O)nc21. The average molecular weight is 524 g/mol. The molecule has 0 aliphatic carbocycles. The Morgan fingerprint density at radius 3 is 2.89 bits per heavy atom. The Kier molecular flexibility index (Phi) is 10.4. The number of ether oxygens (including phenoxy) is 2. The number of nitrogens with one attached hydrogen (secondary N) is 2. The average Bonchev–Trinajstić information content (AvgIpc) is 3.14. The van der Waals surface area contributed by atoms with E-state index in [-0.39, 0.29) is 18.1 Å². The number of nitriles is 1. The van der Waals surface area contributed by atoms with E-state index in [0.29, 0.717) is 74.6 Å². The molecular weight excluding hydrogens is 490 g/mol. The van der Waals surface area contributed by atoms with E-state index >= 15 is 0 Å². The summed E-state index contributed by atoms with van der Waals surface area (Å²) in [5.74, 6) is 0.521. The van der Waals surface area contributed by atoms with Crippen molar-refractivity contribution in [3.63, 3.8) is 0 Å². The second kappa shape index (κ2) is 13.9. The van der Waals surface area contributed by atoms with Crippen molar-refractivity contribution in [2.24, 2.45) is 4.99 Å². The summed E-state index contributed by atoms with van der Waals surface area (Å²) >= 11 is 0. The number of urea groups is 1. The van der Waals surface area contributed by atoms with Crippen LogP contribution in [0.3, 0.4) is 0 Å². The zero-order valence-corrected chi connectivity index (χ0v) is 21.8. The summed E-state index contributed by atoms with van der Waals surface area (Å²) in [4.78, 5) is 48.9. The molecule has 0 atom stereocenters. The van der Waals surface area contributed by atoms with Gasteiger partial charge in [0.05, 0.1) is 31.5 Å². The van der Waals surface area contributed by atoms with E-state index in [1.807, 2.05) is 6.07 Å². The Morgan fingerprint density at radius 2 is 2.18 bits per heavy atom. The maximum atomic E-state index is 13.3. The van der Waals surface area contributed by atoms with Gasteiger partial charge in [-0.15, -0.1) is 0 Å². The molecule has 2 aliphatic heterocycles. The molecule has 3 rings (SSSR count). The van der Waals surface area contributed by atoms with Gasteiger partial charge in [0.1, 0.15) is 17.3 Å². The number of carbonyl (C=O) groups excluding carboxylic acids is 3. The highest BCUT2D eigenvalue weighted by molar-refractivity contribution is 5.94. The van der Waals surface area contributed by atoms with Gasteiger partial charge >= 0.3 is 12.1 Å². The van der Waals surface area contributed by atoms with Crippen LogP contribution in [-0.4, -0.2) is 75.0 Å². The predicted molar refractivity (Wildman–Crippen MR) is 141 cm³/mol. The number of allylic oxidation sites excluding steroid dienone is 2. The molecule has 0 saturated carbocycles. The second-order valence-corrected chi connectivity index (χ2v) is 8.82. The fourth-order valence-corrected chi connectivity index (χ4v) is 4.15. The number of anilines is 1. The van der Waals surface area contributed by atoms with Gasteiger partial charge in [0.15, 0.2) is 6.29 Å². The van der Waals surface area contributed by atoms with Crippen LogP contribution >= 0.6 is 0 Å². The van der Waals surface area contributed by atoms with Crippen LogP contribution in [0.4, 0.5) is 15.4 Å². The Labute approximate surface area is 222 Å². The van der Waals surface area contributed by atoms with Gasteiger partial charge in [-0.25, -0.2) is 19.6 Å². The smallest absolute Gasteiger partial charge is 0.410 e. The molecule has 0 spiro atoms. The van der Waals surface area contributed by atoms with Crippen molar-refractivity contribution in [3.8, 4) is 6.07 Å². The molecular formula is C26H33N7O5. The summed E-state index contributed by atoms with van der Waals surface area (Å²) < 4.78 is 10.2. The number of hydrogen-bond donors (Lipinski definition) is 2. The number of hydrogen-bond acceptors (Lipinski definition) is 9. The van der Waals surface area contributed by atoms with Crippen LogP contribution in [0, 0.1) is 11.3 Å². The van der Waals surface area contributed by atoms with E-state index < -0.39 is 12.1 Å². The lowest BCUT2D eigenvalue weighted by Gasteiger charge is -2.30. The van der Waals surface area contributed by atoms with Gasteiger partial charge in [0, 0.05) is 44.0 Å². The van der Waals surface area contributed by atoms with Crippen LogP contribution < -0.4 is 15.5 Å². The van der Waals surface area contributed by atoms with Crippen molar-refractivity contribution in [2.45, 2.75) is 39.2 Å². The number of amides is 3. The largest absolute Gasteiger partial charge is 0.449 e. The van der Waals surface area contributed by atoms with Crippen LogP contribution in [0.2, 0.25) is 0 Å². The second-order valence-electron chi connectivity index (χ2n) is 8.82. The fourth-order valence-electron chi connectivity index (χ4n) is 4.15. The van der Waals surface area contributed by atoms with Crippen molar-refractivity contribution < 1.29 is 23.9 Å². The summed E-state index contributed by atoms with van der Waals surface area (Å²) in [6, 6.07) is 3.42. The first-order valence-electron chi connectivity index (χ1n) is 12.4. The number of rotatable bonds is 10. The molecule has 1 saturated heterocycles. The molecule has 0 unspecified atom stereocenters. The topological polar surface area (TPSA) is 149 Å². The lowest BCUT2D eigenvalue weighted by molar-refractivity contribution is 0.109. The van der Waals surface area contributed by atoms with Gasteiger partial charge in [0.25, 0.3) is 0 Å². The van der Waals surface area contributed by atoms with Crippen molar-refractivity contribution >= 4 is 30.9 Å². The molecule has 1 fully saturated rings. The van der Waals surface area contributed by atoms with Crippen LogP contribution in [0.25, 0.3) is 0 Å². The third-order valence-corrected chi connectivity index (χ3v) is 6.18. The standard InChI is InChI=1S/C26H33N7O5/c1-18(15-27)21(29-8-12-37-3)14-23(28-2)31-25(35)33-10-6-7-19-13-20(22(17-34)30-24(19)33)16-32-9-4-5-11-38-26(32)36/h13-14,17,29H,2,4-12,16H2,1,3H3,(H,31,35)/b21-18-,23-14+. The highest BCUT2D eigenvalue weighted by atomic mass is 16.6. The fraction of sp³-hybridized carbons (Fsp3) is 0.462. The number of fused-ring (bicyclic) bond motifs is 1. The van der Waals surface area contributed by atoms with E-state index in [9.17, 15) is 19.6 Å². The maximum Gasteiger partial charge on any atom is 0.410 e. The monoisotopic (exact) mass is 523 g/mol.